The molecule has 2 aliphatic heterocycles. The Hall–Kier alpha value is -3.16. The van der Waals surface area contributed by atoms with Crippen LogP contribution in [0.4, 0.5) is 23.7 Å². The Kier molecular flexibility index (Phi) is 10.7. The minimum atomic E-state index is -5.84. The Bertz CT molecular complexity index is 1220. The zero-order valence-corrected chi connectivity index (χ0v) is 22.9. The van der Waals surface area contributed by atoms with Crippen LogP contribution in [0.5, 0.6) is 0 Å². The summed E-state index contributed by atoms with van der Waals surface area (Å²) in [5, 5.41) is 10.5. The van der Waals surface area contributed by atoms with Crippen LogP contribution in [0, 0.1) is 10.1 Å². The maximum atomic E-state index is 13.3. The van der Waals surface area contributed by atoms with E-state index < -0.39 is 44.6 Å². The topological polar surface area (TPSA) is 194 Å². The van der Waals surface area contributed by atoms with Gasteiger partial charge in [-0.2, -0.15) is 34.2 Å². The summed E-state index contributed by atoms with van der Waals surface area (Å²) < 4.78 is 62.9. The number of hydrogen-bond acceptors (Lipinski definition) is 10. The summed E-state index contributed by atoms with van der Waals surface area (Å²) in [5.74, 6) is -0.919. The van der Waals surface area contributed by atoms with E-state index in [4.69, 9.17) is 23.4 Å². The first kappa shape index (κ1) is 33.0. The second-order valence-corrected chi connectivity index (χ2v) is 11.4. The standard InChI is InChI=1S/C20H27N5O6S.CHF3O3S/c1-22(2)14-7-16(18(21)26)23(9-14)19(27)17-8-15(32)10-24(17)20(28)31-11-12-3-5-13(6-4-12)25(29)30;2-1(3,4)8(5,6)7/h3-6,14-17,32H,7-11H2,1-2H3,(H2,21,26);(H,5,6,7)/t14-,15-,16-,17-;/m0./s1. The SMILES string of the molecule is CN(C)[C@H]1C[C@@H](C(N)=O)N(C(=O)[C@@H]2C[C@H](S)CN2C(=O)OCc2ccc([N+](=O)[O-])cc2)C1.O=S(=O)(O)C(F)(F)F. The lowest BCUT2D eigenvalue weighted by atomic mass is 10.1. The summed E-state index contributed by atoms with van der Waals surface area (Å²) in [6.45, 7) is 0.478. The number of nitro benzene ring substituents is 1. The minimum absolute atomic E-state index is 0.00723. The van der Waals surface area contributed by atoms with Crippen LogP contribution in [0.2, 0.25) is 0 Å². The number of nitrogens with zero attached hydrogens (tertiary/aromatic N) is 4. The van der Waals surface area contributed by atoms with Crippen LogP contribution in [-0.4, -0.2) is 107 Å². The van der Waals surface area contributed by atoms with Crippen molar-refractivity contribution in [2.45, 2.75) is 48.3 Å². The lowest BCUT2D eigenvalue weighted by molar-refractivity contribution is -0.384. The third-order valence-electron chi connectivity index (χ3n) is 6.22. The van der Waals surface area contributed by atoms with Gasteiger partial charge in [-0.1, -0.05) is 0 Å². The molecule has 1 aromatic carbocycles. The maximum absolute atomic E-state index is 13.3. The molecule has 0 unspecified atom stereocenters. The molecular weight excluding hydrogens is 587 g/mol. The number of non-ortho nitro benzene ring substituents is 1. The lowest BCUT2D eigenvalue weighted by Crippen LogP contribution is -2.52. The molecule has 40 heavy (non-hydrogen) atoms. The number of primary amides is 1. The molecule has 2 heterocycles. The van der Waals surface area contributed by atoms with Crippen LogP contribution in [0.15, 0.2) is 24.3 Å². The number of likely N-dealkylation sites (N-methyl/N-ethyl adjacent to an activating group) is 1. The fourth-order valence-corrected chi connectivity index (χ4v) is 4.46. The highest BCUT2D eigenvalue weighted by Crippen LogP contribution is 2.29. The number of nitrogens with two attached hydrogens (primary N) is 1. The molecule has 0 spiro atoms. The van der Waals surface area contributed by atoms with Crippen LogP contribution in [0.25, 0.3) is 0 Å². The van der Waals surface area contributed by atoms with E-state index in [2.05, 4.69) is 12.6 Å². The number of halogens is 3. The molecule has 4 atom stereocenters. The van der Waals surface area contributed by atoms with Gasteiger partial charge in [0.2, 0.25) is 11.8 Å². The molecule has 3 amide bonds. The fourth-order valence-electron chi connectivity index (χ4n) is 4.08. The Labute approximate surface area is 232 Å². The Morgan fingerprint density at radius 1 is 1.15 bits per heavy atom. The smallest absolute Gasteiger partial charge is 0.445 e. The lowest BCUT2D eigenvalue weighted by Gasteiger charge is -2.30. The normalized spacial score (nSPS) is 23.0. The summed E-state index contributed by atoms with van der Waals surface area (Å²) in [4.78, 5) is 53.0. The van der Waals surface area contributed by atoms with Crippen LogP contribution < -0.4 is 5.73 Å². The third-order valence-corrected chi connectivity index (χ3v) is 7.18. The zero-order valence-electron chi connectivity index (χ0n) is 21.2. The average molecular weight is 616 g/mol. The number of alkyl halides is 3. The monoisotopic (exact) mass is 615 g/mol. The molecule has 0 saturated carbocycles. The highest BCUT2D eigenvalue weighted by Gasteiger charge is 2.47. The summed E-state index contributed by atoms with van der Waals surface area (Å²) in [6.07, 6.45) is 0.0935. The Morgan fingerprint density at radius 3 is 2.15 bits per heavy atom. The van der Waals surface area contributed by atoms with Crippen molar-refractivity contribution in [2.75, 3.05) is 27.2 Å². The summed E-state index contributed by atoms with van der Waals surface area (Å²) in [6, 6.07) is 4.12. The average Bonchev–Trinajstić information content (AvgIpc) is 3.46. The van der Waals surface area contributed by atoms with Crippen molar-refractivity contribution in [2.24, 2.45) is 5.73 Å². The number of nitro groups is 1. The highest BCUT2D eigenvalue weighted by molar-refractivity contribution is 7.86. The summed E-state index contributed by atoms with van der Waals surface area (Å²) in [5.41, 5.74) is 0.520. The second-order valence-electron chi connectivity index (χ2n) is 9.22. The number of benzene rings is 1. The molecule has 224 valence electrons. The maximum Gasteiger partial charge on any atom is 0.522 e. The number of amides is 3. The van der Waals surface area contributed by atoms with Gasteiger partial charge < -0.3 is 20.3 Å². The minimum Gasteiger partial charge on any atom is -0.445 e. The van der Waals surface area contributed by atoms with Gasteiger partial charge >= 0.3 is 21.7 Å². The first-order chi connectivity index (χ1) is 18.3. The van der Waals surface area contributed by atoms with E-state index in [0.29, 0.717) is 24.9 Å². The molecule has 0 aromatic heterocycles. The van der Waals surface area contributed by atoms with Crippen molar-refractivity contribution >= 4 is 46.3 Å². The molecule has 2 saturated heterocycles. The highest BCUT2D eigenvalue weighted by atomic mass is 32.2. The van der Waals surface area contributed by atoms with Crippen molar-refractivity contribution in [3.8, 4) is 0 Å². The molecule has 1 aromatic rings. The quantitative estimate of drug-likeness (QED) is 0.137. The number of carbonyl (C=O) groups excluding carboxylic acids is 3. The van der Waals surface area contributed by atoms with Crippen LogP contribution in [0.3, 0.4) is 0 Å². The van der Waals surface area contributed by atoms with E-state index in [1.165, 1.54) is 34.1 Å². The van der Waals surface area contributed by atoms with E-state index in [0.717, 1.165) is 0 Å². The van der Waals surface area contributed by atoms with Gasteiger partial charge in [-0.3, -0.25) is 29.2 Å². The van der Waals surface area contributed by atoms with Gasteiger partial charge in [-0.05, 0) is 44.6 Å². The second kappa shape index (κ2) is 13.0. The molecule has 19 heteroatoms. The molecule has 0 bridgehead atoms. The summed E-state index contributed by atoms with van der Waals surface area (Å²) >= 11 is 4.44. The summed E-state index contributed by atoms with van der Waals surface area (Å²) in [7, 11) is -2.09. The predicted octanol–water partition coefficient (Wildman–Crippen LogP) is 1.01. The van der Waals surface area contributed by atoms with Crippen molar-refractivity contribution in [3.63, 3.8) is 0 Å². The molecule has 14 nitrogen and oxygen atoms in total. The molecule has 2 fully saturated rings. The van der Waals surface area contributed by atoms with Crippen molar-refractivity contribution in [3.05, 3.63) is 39.9 Å². The van der Waals surface area contributed by atoms with E-state index >= 15 is 0 Å². The number of carbonyl (C=O) groups is 3. The van der Waals surface area contributed by atoms with Gasteiger partial charge in [0.15, 0.2) is 0 Å². The number of ether oxygens (including phenoxy) is 1. The van der Waals surface area contributed by atoms with E-state index in [9.17, 15) is 37.7 Å². The first-order valence-corrected chi connectivity index (χ1v) is 13.4. The number of hydrogen-bond donors (Lipinski definition) is 3. The molecule has 2 aliphatic rings. The van der Waals surface area contributed by atoms with Gasteiger partial charge in [0.1, 0.15) is 18.7 Å². The van der Waals surface area contributed by atoms with Gasteiger partial charge in [0.25, 0.3) is 5.69 Å². The predicted molar refractivity (Wildman–Crippen MR) is 136 cm³/mol. The Morgan fingerprint density at radius 2 is 1.70 bits per heavy atom. The largest absolute Gasteiger partial charge is 0.522 e. The van der Waals surface area contributed by atoms with Gasteiger partial charge in [0.05, 0.1) is 4.92 Å². The van der Waals surface area contributed by atoms with Crippen LogP contribution in [-0.2, 0) is 31.1 Å². The van der Waals surface area contributed by atoms with Crippen molar-refractivity contribution in [1.29, 1.82) is 0 Å². The number of thiol groups is 1. The fraction of sp³-hybridized carbons (Fsp3) is 0.571. The molecular formula is C21H28F3N5O9S2. The van der Waals surface area contributed by atoms with E-state index in [1.54, 1.807) is 0 Å². The van der Waals surface area contributed by atoms with Gasteiger partial charge in [-0.25, -0.2) is 4.79 Å². The zero-order chi connectivity index (χ0) is 30.6. The van der Waals surface area contributed by atoms with E-state index in [-0.39, 0.29) is 36.0 Å². The molecule has 0 radical (unpaired) electrons. The number of likely N-dealkylation sites (tertiary alicyclic amines) is 2. The molecule has 0 aliphatic carbocycles. The van der Waals surface area contributed by atoms with Crippen LogP contribution in [0.1, 0.15) is 18.4 Å². The van der Waals surface area contributed by atoms with Gasteiger partial charge in [0, 0.05) is 36.5 Å². The molecule has 3 N–H and O–H groups in total. The van der Waals surface area contributed by atoms with Crippen molar-refractivity contribution in [1.82, 2.24) is 14.7 Å². The molecule has 3 rings (SSSR count). The van der Waals surface area contributed by atoms with E-state index in [1.807, 2.05) is 19.0 Å². The van der Waals surface area contributed by atoms with Gasteiger partial charge in [-0.15, -0.1) is 0 Å². The van der Waals surface area contributed by atoms with Crippen molar-refractivity contribution < 1.29 is 50.2 Å². The third kappa shape index (κ3) is 8.42. The first-order valence-electron chi connectivity index (χ1n) is 11.5. The number of rotatable bonds is 6. The Balaban J connectivity index is 0.000000611. The van der Waals surface area contributed by atoms with Crippen LogP contribution >= 0.6 is 12.6 Å².